The van der Waals surface area contributed by atoms with Crippen LogP contribution in [0.3, 0.4) is 0 Å². The molecule has 13 heteroatoms. The number of thiophene rings is 1. The van der Waals surface area contributed by atoms with Gasteiger partial charge in [0.1, 0.15) is 5.03 Å². The molecule has 0 unspecified atom stereocenters. The lowest BCUT2D eigenvalue weighted by atomic mass is 10.4. The zero-order valence-electron chi connectivity index (χ0n) is 12.0. The van der Waals surface area contributed by atoms with Crippen molar-refractivity contribution in [1.82, 2.24) is 34.7 Å². The van der Waals surface area contributed by atoms with Crippen molar-refractivity contribution in [2.24, 2.45) is 0 Å². The van der Waals surface area contributed by atoms with Gasteiger partial charge in [-0.3, -0.25) is 0 Å². The van der Waals surface area contributed by atoms with Crippen LogP contribution in [0.25, 0.3) is 16.3 Å². The Morgan fingerprint density at radius 2 is 1.92 bits per heavy atom. The Balaban J connectivity index is 1.70. The number of halogens is 3. The maximum atomic E-state index is 12.9. The van der Waals surface area contributed by atoms with E-state index >= 15 is 0 Å². The molecule has 4 aromatic heterocycles. The number of nitrogen functional groups attached to an aromatic ring is 1. The molecule has 0 bridgehead atoms. The summed E-state index contributed by atoms with van der Waals surface area (Å²) in [6.45, 7) is 0. The summed E-state index contributed by atoms with van der Waals surface area (Å²) in [6, 6.07) is 6.58. The molecule has 4 aromatic rings. The molecule has 4 heterocycles. The topological polar surface area (TPSA) is 99.8 Å². The van der Waals surface area contributed by atoms with Gasteiger partial charge in [0.05, 0.1) is 4.88 Å². The predicted octanol–water partition coefficient (Wildman–Crippen LogP) is 2.33. The molecular formula is C12H7F3N8S2. The average molecular weight is 384 g/mol. The molecule has 0 amide bonds. The van der Waals surface area contributed by atoms with Gasteiger partial charge in [-0.05, 0) is 35.3 Å². The van der Waals surface area contributed by atoms with E-state index in [1.165, 1.54) is 28.1 Å². The molecule has 0 saturated heterocycles. The quantitative estimate of drug-likeness (QED) is 0.541. The first-order chi connectivity index (χ1) is 11.9. The van der Waals surface area contributed by atoms with Crippen molar-refractivity contribution < 1.29 is 13.2 Å². The van der Waals surface area contributed by atoms with Crippen LogP contribution in [0.1, 0.15) is 5.82 Å². The first-order valence-corrected chi connectivity index (χ1v) is 8.35. The summed E-state index contributed by atoms with van der Waals surface area (Å²) in [7, 11) is 0. The van der Waals surface area contributed by atoms with Crippen molar-refractivity contribution in [2.45, 2.75) is 16.4 Å². The Hall–Kier alpha value is -2.67. The van der Waals surface area contributed by atoms with Crippen molar-refractivity contribution in [3.05, 3.63) is 35.5 Å². The van der Waals surface area contributed by atoms with Crippen molar-refractivity contribution in [1.29, 1.82) is 0 Å². The number of hydrogen-bond acceptors (Lipinski definition) is 8. The van der Waals surface area contributed by atoms with Gasteiger partial charge < -0.3 is 5.84 Å². The highest BCUT2D eigenvalue weighted by Gasteiger charge is 2.37. The summed E-state index contributed by atoms with van der Waals surface area (Å²) in [6.07, 6.45) is -4.66. The zero-order valence-corrected chi connectivity index (χ0v) is 13.7. The van der Waals surface area contributed by atoms with Crippen LogP contribution in [0.15, 0.2) is 39.8 Å². The minimum atomic E-state index is -4.66. The van der Waals surface area contributed by atoms with Gasteiger partial charge in [-0.1, -0.05) is 6.07 Å². The number of aromatic nitrogens is 7. The van der Waals surface area contributed by atoms with Gasteiger partial charge >= 0.3 is 6.18 Å². The van der Waals surface area contributed by atoms with E-state index in [9.17, 15) is 13.2 Å². The molecule has 0 aromatic carbocycles. The SMILES string of the molecule is Nn1c(Sc2ccc3nnc(C(F)(F)F)n3n2)nnc1-c1cccs1. The second-order valence-electron chi connectivity index (χ2n) is 4.72. The molecule has 2 N–H and O–H groups in total. The minimum absolute atomic E-state index is 0.00911. The molecule has 8 nitrogen and oxygen atoms in total. The summed E-state index contributed by atoms with van der Waals surface area (Å²) in [5.74, 6) is 5.23. The van der Waals surface area contributed by atoms with Crippen LogP contribution in [0.5, 0.6) is 0 Å². The molecule has 0 fully saturated rings. The number of nitrogens with two attached hydrogens (primary N) is 1. The molecule has 0 aliphatic carbocycles. The number of alkyl halides is 3. The lowest BCUT2D eigenvalue weighted by molar-refractivity contribution is -0.146. The molecule has 0 radical (unpaired) electrons. The van der Waals surface area contributed by atoms with Gasteiger partial charge in [0, 0.05) is 0 Å². The van der Waals surface area contributed by atoms with Crippen LogP contribution >= 0.6 is 23.1 Å². The van der Waals surface area contributed by atoms with Crippen molar-refractivity contribution in [3.8, 4) is 10.7 Å². The number of fused-ring (bicyclic) bond motifs is 1. The normalized spacial score (nSPS) is 12.1. The third-order valence-corrected chi connectivity index (χ3v) is 4.85. The molecule has 0 aliphatic heterocycles. The summed E-state index contributed by atoms with van der Waals surface area (Å²) in [5.41, 5.74) is -0.00911. The molecule has 0 saturated carbocycles. The molecule has 0 aliphatic rings. The number of nitrogens with zero attached hydrogens (tertiary/aromatic N) is 7. The Kier molecular flexibility index (Phi) is 3.61. The fraction of sp³-hybridized carbons (Fsp3) is 0.0833. The van der Waals surface area contributed by atoms with E-state index in [2.05, 4.69) is 25.5 Å². The highest BCUT2D eigenvalue weighted by Crippen LogP contribution is 2.30. The van der Waals surface area contributed by atoms with E-state index < -0.39 is 12.0 Å². The van der Waals surface area contributed by atoms with E-state index in [1.807, 2.05) is 17.5 Å². The van der Waals surface area contributed by atoms with Gasteiger partial charge in [0.25, 0.3) is 5.82 Å². The Morgan fingerprint density at radius 3 is 2.64 bits per heavy atom. The highest BCUT2D eigenvalue weighted by atomic mass is 32.2. The van der Waals surface area contributed by atoms with Crippen LogP contribution in [0.4, 0.5) is 13.2 Å². The third kappa shape index (κ3) is 2.80. The fourth-order valence-corrected chi connectivity index (χ4v) is 3.43. The van der Waals surface area contributed by atoms with Crippen LogP contribution in [0.2, 0.25) is 0 Å². The minimum Gasteiger partial charge on any atom is -0.335 e. The van der Waals surface area contributed by atoms with Crippen molar-refractivity contribution >= 4 is 28.7 Å². The highest BCUT2D eigenvalue weighted by molar-refractivity contribution is 7.99. The third-order valence-electron chi connectivity index (χ3n) is 3.09. The van der Waals surface area contributed by atoms with Crippen LogP contribution in [0, 0.1) is 0 Å². The molecule has 0 atom stereocenters. The largest absolute Gasteiger partial charge is 0.453 e. The molecule has 128 valence electrons. The summed E-state index contributed by atoms with van der Waals surface area (Å²) >= 11 is 2.43. The van der Waals surface area contributed by atoms with E-state index in [-0.39, 0.29) is 15.8 Å². The van der Waals surface area contributed by atoms with Crippen LogP contribution in [-0.2, 0) is 6.18 Å². The zero-order chi connectivity index (χ0) is 17.6. The lowest BCUT2D eigenvalue weighted by Gasteiger charge is -2.05. The summed E-state index contributed by atoms with van der Waals surface area (Å²) in [5, 5.41) is 20.9. The first kappa shape index (κ1) is 15.8. The van der Waals surface area contributed by atoms with Crippen LogP contribution < -0.4 is 5.84 Å². The number of rotatable bonds is 3. The smallest absolute Gasteiger partial charge is 0.335 e. The summed E-state index contributed by atoms with van der Waals surface area (Å²) < 4.78 is 40.7. The van der Waals surface area contributed by atoms with Gasteiger partial charge in [0.2, 0.25) is 5.16 Å². The lowest BCUT2D eigenvalue weighted by Crippen LogP contribution is -2.13. The maximum absolute atomic E-state index is 12.9. The summed E-state index contributed by atoms with van der Waals surface area (Å²) in [4.78, 5) is 0.823. The Bertz CT molecular complexity index is 1040. The van der Waals surface area contributed by atoms with E-state index in [1.54, 1.807) is 0 Å². The van der Waals surface area contributed by atoms with Gasteiger partial charge in [0.15, 0.2) is 11.5 Å². The van der Waals surface area contributed by atoms with Gasteiger partial charge in [-0.25, -0.2) is 4.68 Å². The Morgan fingerprint density at radius 1 is 1.08 bits per heavy atom. The van der Waals surface area contributed by atoms with E-state index in [0.717, 1.165) is 16.6 Å². The first-order valence-electron chi connectivity index (χ1n) is 6.65. The van der Waals surface area contributed by atoms with Crippen molar-refractivity contribution in [2.75, 3.05) is 5.84 Å². The van der Waals surface area contributed by atoms with Gasteiger partial charge in [-0.2, -0.15) is 22.8 Å². The van der Waals surface area contributed by atoms with E-state index in [4.69, 9.17) is 5.84 Å². The number of hydrogen-bond donors (Lipinski definition) is 1. The second-order valence-corrected chi connectivity index (χ2v) is 6.65. The second kappa shape index (κ2) is 5.70. The molecule has 25 heavy (non-hydrogen) atoms. The van der Waals surface area contributed by atoms with Crippen LogP contribution in [-0.4, -0.2) is 34.7 Å². The maximum Gasteiger partial charge on any atom is 0.453 e. The monoisotopic (exact) mass is 384 g/mol. The average Bonchev–Trinajstić information content (AvgIpc) is 3.27. The van der Waals surface area contributed by atoms with Gasteiger partial charge in [-0.15, -0.1) is 31.7 Å². The molecule has 4 rings (SSSR count). The fourth-order valence-electron chi connectivity index (χ4n) is 2.02. The van der Waals surface area contributed by atoms with Crippen molar-refractivity contribution in [3.63, 3.8) is 0 Å². The van der Waals surface area contributed by atoms with E-state index in [0.29, 0.717) is 10.3 Å². The standard InChI is InChI=1S/C12H7F3N8S2/c13-12(14,15)10-19-17-7-3-4-8(21-23(7)10)25-11-20-18-9(22(11)16)6-2-1-5-24-6/h1-5H,16H2. The Labute approximate surface area is 145 Å². The molecule has 0 spiro atoms. The molecular weight excluding hydrogens is 377 g/mol. The predicted molar refractivity (Wildman–Crippen MR) is 83.4 cm³/mol.